The second-order valence-corrected chi connectivity index (χ2v) is 8.40. The molecular formula is C23H16ClNO6S. The first-order valence-electron chi connectivity index (χ1n) is 9.59. The number of furan rings is 1. The van der Waals surface area contributed by atoms with Gasteiger partial charge in [0.05, 0.1) is 18.6 Å². The first-order chi connectivity index (χ1) is 15.5. The van der Waals surface area contributed by atoms with E-state index in [0.717, 1.165) is 28.0 Å². The van der Waals surface area contributed by atoms with Crippen LogP contribution in [0.3, 0.4) is 0 Å². The zero-order valence-electron chi connectivity index (χ0n) is 16.8. The highest BCUT2D eigenvalue weighted by Crippen LogP contribution is 2.39. The highest BCUT2D eigenvalue weighted by Gasteiger charge is 2.36. The lowest BCUT2D eigenvalue weighted by atomic mass is 10.2. The fourth-order valence-corrected chi connectivity index (χ4v) is 4.39. The third-order valence-electron chi connectivity index (χ3n) is 5.02. The van der Waals surface area contributed by atoms with E-state index in [2.05, 4.69) is 0 Å². The second-order valence-electron chi connectivity index (χ2n) is 7.00. The summed E-state index contributed by atoms with van der Waals surface area (Å²) >= 11 is 7.16. The number of methoxy groups -OCH3 is 1. The minimum Gasteiger partial charge on any atom is -0.497 e. The quantitative estimate of drug-likeness (QED) is 0.452. The summed E-state index contributed by atoms with van der Waals surface area (Å²) in [6.07, 6.45) is 1.57. The fraction of sp³-hybridized carbons (Fsp3) is 0.130. The van der Waals surface area contributed by atoms with Crippen LogP contribution < -0.4 is 14.2 Å². The Morgan fingerprint density at radius 3 is 2.59 bits per heavy atom. The third kappa shape index (κ3) is 3.83. The van der Waals surface area contributed by atoms with Crippen molar-refractivity contribution in [3.05, 3.63) is 69.8 Å². The van der Waals surface area contributed by atoms with Crippen LogP contribution >= 0.6 is 23.4 Å². The van der Waals surface area contributed by atoms with E-state index in [1.54, 1.807) is 31.4 Å². The lowest BCUT2D eigenvalue weighted by Gasteiger charge is -2.14. The average Bonchev–Trinajstić information content (AvgIpc) is 3.51. The third-order valence-corrected chi connectivity index (χ3v) is 6.28. The Labute approximate surface area is 192 Å². The van der Waals surface area contributed by atoms with E-state index in [1.807, 2.05) is 30.3 Å². The summed E-state index contributed by atoms with van der Waals surface area (Å²) in [7, 11) is 1.60. The number of thioether (sulfide) groups is 1. The van der Waals surface area contributed by atoms with Gasteiger partial charge >= 0.3 is 0 Å². The van der Waals surface area contributed by atoms with Crippen molar-refractivity contribution in [2.75, 3.05) is 13.9 Å². The Bertz CT molecular complexity index is 1250. The van der Waals surface area contributed by atoms with Gasteiger partial charge in [0, 0.05) is 22.7 Å². The molecule has 0 N–H and O–H groups in total. The van der Waals surface area contributed by atoms with Crippen molar-refractivity contribution in [1.82, 2.24) is 4.90 Å². The van der Waals surface area contributed by atoms with Crippen molar-refractivity contribution in [3.8, 4) is 28.6 Å². The van der Waals surface area contributed by atoms with Crippen molar-refractivity contribution in [1.29, 1.82) is 0 Å². The Kier molecular flexibility index (Phi) is 5.32. The van der Waals surface area contributed by atoms with Gasteiger partial charge in [-0.25, -0.2) is 0 Å². The van der Waals surface area contributed by atoms with Gasteiger partial charge in [0.25, 0.3) is 11.1 Å². The number of carbonyl (C=O) groups is 2. The van der Waals surface area contributed by atoms with Crippen LogP contribution in [-0.4, -0.2) is 29.9 Å². The van der Waals surface area contributed by atoms with E-state index < -0.39 is 5.91 Å². The Balaban J connectivity index is 1.34. The Morgan fingerprint density at radius 2 is 1.84 bits per heavy atom. The molecule has 162 valence electrons. The molecule has 0 saturated carbocycles. The summed E-state index contributed by atoms with van der Waals surface area (Å²) in [6, 6.07) is 14.3. The van der Waals surface area contributed by atoms with Crippen molar-refractivity contribution in [2.45, 2.75) is 6.54 Å². The van der Waals surface area contributed by atoms with E-state index in [0.29, 0.717) is 33.6 Å². The normalized spacial score (nSPS) is 16.3. The standard InChI is InChI=1S/C23H16ClNO6S/c1-28-15-4-2-13(3-5-15)18-7-6-16(31-18)9-21-22(26)25(23(27)32-21)11-14-8-19-20(10-17(14)24)30-12-29-19/h2-10H,11-12H2,1H3/b21-9-. The van der Waals surface area contributed by atoms with Crippen LogP contribution in [0, 0.1) is 0 Å². The van der Waals surface area contributed by atoms with Gasteiger partial charge in [-0.15, -0.1) is 0 Å². The van der Waals surface area contributed by atoms with E-state index in [4.69, 9.17) is 30.2 Å². The maximum absolute atomic E-state index is 12.9. The van der Waals surface area contributed by atoms with Gasteiger partial charge in [0.15, 0.2) is 11.5 Å². The minimum absolute atomic E-state index is 0.0345. The predicted molar refractivity (Wildman–Crippen MR) is 120 cm³/mol. The molecule has 0 aliphatic carbocycles. The highest BCUT2D eigenvalue weighted by molar-refractivity contribution is 8.18. The molecule has 0 spiro atoms. The lowest BCUT2D eigenvalue weighted by Crippen LogP contribution is -2.27. The molecule has 0 unspecified atom stereocenters. The fourth-order valence-electron chi connectivity index (χ4n) is 3.36. The zero-order chi connectivity index (χ0) is 22.2. The summed E-state index contributed by atoms with van der Waals surface area (Å²) in [4.78, 5) is 26.8. The van der Waals surface area contributed by atoms with Crippen LogP contribution in [0.25, 0.3) is 17.4 Å². The number of fused-ring (bicyclic) bond motifs is 1. The number of hydrogen-bond acceptors (Lipinski definition) is 7. The second kappa shape index (κ2) is 8.29. The van der Waals surface area contributed by atoms with Crippen LogP contribution in [0.1, 0.15) is 11.3 Å². The number of amides is 2. The first kappa shape index (κ1) is 20.5. The van der Waals surface area contributed by atoms with Crippen LogP contribution in [0.5, 0.6) is 17.2 Å². The molecule has 0 atom stereocenters. The summed E-state index contributed by atoms with van der Waals surface area (Å²) in [5, 5.41) is 0.0179. The van der Waals surface area contributed by atoms with E-state index in [1.165, 1.54) is 0 Å². The van der Waals surface area contributed by atoms with Crippen molar-refractivity contribution < 1.29 is 28.2 Å². The Morgan fingerprint density at radius 1 is 1.09 bits per heavy atom. The summed E-state index contributed by atoms with van der Waals surface area (Å²) in [6.45, 7) is 0.147. The largest absolute Gasteiger partial charge is 0.497 e. The monoisotopic (exact) mass is 469 g/mol. The van der Waals surface area contributed by atoms with Gasteiger partial charge in [0.1, 0.15) is 17.3 Å². The molecule has 7 nitrogen and oxygen atoms in total. The van der Waals surface area contributed by atoms with Crippen molar-refractivity contribution in [2.24, 2.45) is 0 Å². The number of carbonyl (C=O) groups excluding carboxylic acids is 2. The first-order valence-corrected chi connectivity index (χ1v) is 10.8. The number of imide groups is 1. The molecule has 5 rings (SSSR count). The van der Waals surface area contributed by atoms with Gasteiger partial charge in [-0.05, 0) is 59.8 Å². The number of nitrogens with zero attached hydrogens (tertiary/aromatic N) is 1. The maximum atomic E-state index is 12.9. The van der Waals surface area contributed by atoms with Crippen LogP contribution in [0.2, 0.25) is 5.02 Å². The predicted octanol–water partition coefficient (Wildman–Crippen LogP) is 5.57. The Hall–Kier alpha value is -3.36. The topological polar surface area (TPSA) is 78.2 Å². The molecule has 1 saturated heterocycles. The van der Waals surface area contributed by atoms with Gasteiger partial charge in [-0.2, -0.15) is 0 Å². The molecule has 32 heavy (non-hydrogen) atoms. The smallest absolute Gasteiger partial charge is 0.293 e. The number of benzene rings is 2. The number of ether oxygens (including phenoxy) is 3. The zero-order valence-corrected chi connectivity index (χ0v) is 18.4. The molecule has 9 heteroatoms. The highest BCUT2D eigenvalue weighted by atomic mass is 35.5. The molecule has 2 aliphatic rings. The molecule has 1 fully saturated rings. The van der Waals surface area contributed by atoms with Crippen LogP contribution in [0.4, 0.5) is 4.79 Å². The van der Waals surface area contributed by atoms with Gasteiger partial charge in [-0.3, -0.25) is 14.5 Å². The van der Waals surface area contributed by atoms with Gasteiger partial charge < -0.3 is 18.6 Å². The van der Waals surface area contributed by atoms with Crippen molar-refractivity contribution in [3.63, 3.8) is 0 Å². The molecule has 2 aliphatic heterocycles. The maximum Gasteiger partial charge on any atom is 0.293 e. The molecule has 2 amide bonds. The van der Waals surface area contributed by atoms with Crippen LogP contribution in [-0.2, 0) is 11.3 Å². The van der Waals surface area contributed by atoms with Crippen molar-refractivity contribution >= 4 is 40.6 Å². The summed E-state index contributed by atoms with van der Waals surface area (Å²) in [5.74, 6) is 2.53. The molecule has 1 aromatic heterocycles. The number of halogens is 1. The van der Waals surface area contributed by atoms with Gasteiger partial charge in [0.2, 0.25) is 6.79 Å². The molecular weight excluding hydrogens is 454 g/mol. The number of hydrogen-bond donors (Lipinski definition) is 0. The molecule has 3 aromatic rings. The number of rotatable bonds is 5. The van der Waals surface area contributed by atoms with E-state index >= 15 is 0 Å². The van der Waals surface area contributed by atoms with E-state index in [9.17, 15) is 9.59 Å². The van der Waals surface area contributed by atoms with E-state index in [-0.39, 0.29) is 23.5 Å². The lowest BCUT2D eigenvalue weighted by molar-refractivity contribution is -0.123. The average molecular weight is 470 g/mol. The molecule has 3 heterocycles. The molecule has 2 aromatic carbocycles. The van der Waals surface area contributed by atoms with Crippen LogP contribution in [0.15, 0.2) is 57.9 Å². The molecule has 0 bridgehead atoms. The molecule has 0 radical (unpaired) electrons. The SMILES string of the molecule is COc1ccc(-c2ccc(/C=C3\SC(=O)N(Cc4cc5c(cc4Cl)OCO5)C3=O)o2)cc1. The van der Waals surface area contributed by atoms with Gasteiger partial charge in [-0.1, -0.05) is 11.6 Å². The minimum atomic E-state index is -0.406. The summed E-state index contributed by atoms with van der Waals surface area (Å²) < 4.78 is 21.7. The summed E-state index contributed by atoms with van der Waals surface area (Å²) in [5.41, 5.74) is 1.47.